The number of hydrogen-bond donors (Lipinski definition) is 2. The van der Waals surface area contributed by atoms with Crippen LogP contribution in [0.2, 0.25) is 0 Å². The average Bonchev–Trinajstić information content (AvgIpc) is 2.14. The topological polar surface area (TPSA) is 62.2 Å². The maximum absolute atomic E-state index is 11.2. The first-order chi connectivity index (χ1) is 7.76. The van der Waals surface area contributed by atoms with E-state index in [0.717, 1.165) is 17.7 Å². The van der Waals surface area contributed by atoms with Crippen molar-refractivity contribution >= 4 is 11.8 Å². The minimum atomic E-state index is -0.940. The van der Waals surface area contributed by atoms with Gasteiger partial charge < -0.3 is 10.4 Å². The summed E-state index contributed by atoms with van der Waals surface area (Å²) in [5.74, 6) is -0.480. The van der Waals surface area contributed by atoms with Gasteiger partial charge in [0.15, 0.2) is 0 Å². The Morgan fingerprint density at radius 1 is 1.47 bits per heavy atom. The van der Waals surface area contributed by atoms with Crippen molar-refractivity contribution in [1.29, 1.82) is 0 Å². The summed E-state index contributed by atoms with van der Waals surface area (Å²) in [4.78, 5) is 15.5. The van der Waals surface area contributed by atoms with Crippen molar-refractivity contribution in [2.24, 2.45) is 0 Å². The smallest absolute Gasteiger partial charge is 0.339 e. The molecule has 0 atom stereocenters. The van der Waals surface area contributed by atoms with Crippen molar-refractivity contribution < 1.29 is 9.90 Å². The second kappa shape index (κ2) is 4.73. The Morgan fingerprint density at radius 2 is 2.06 bits per heavy atom. The lowest BCUT2D eigenvalue weighted by Gasteiger charge is -2.26. The molecule has 4 nitrogen and oxygen atoms in total. The second-order valence-electron chi connectivity index (χ2n) is 4.97. The Morgan fingerprint density at radius 3 is 2.53 bits per heavy atom. The molecule has 0 aliphatic rings. The number of anilines is 1. The molecule has 0 saturated carbocycles. The van der Waals surface area contributed by atoms with E-state index in [1.165, 1.54) is 0 Å². The molecular formula is C13H20N2O2. The molecule has 1 aromatic heterocycles. The molecule has 94 valence electrons. The summed E-state index contributed by atoms with van der Waals surface area (Å²) in [6.45, 7) is 9.76. The van der Waals surface area contributed by atoms with Gasteiger partial charge in [0.1, 0.15) is 11.4 Å². The van der Waals surface area contributed by atoms with Crippen molar-refractivity contribution in [3.05, 3.63) is 22.9 Å². The van der Waals surface area contributed by atoms with Crippen molar-refractivity contribution in [2.45, 2.75) is 46.6 Å². The molecule has 1 aromatic rings. The maximum atomic E-state index is 11.2. The van der Waals surface area contributed by atoms with Gasteiger partial charge >= 0.3 is 5.97 Å². The lowest BCUT2D eigenvalue weighted by atomic mass is 10.0. The summed E-state index contributed by atoms with van der Waals surface area (Å²) in [7, 11) is 0. The SMILES string of the molecule is CCC(C)(C)Nc1nc(C)cc(C)c1C(=O)O. The number of carboxylic acids is 1. The molecule has 0 amide bonds. The van der Waals surface area contributed by atoms with Gasteiger partial charge in [0.2, 0.25) is 0 Å². The molecule has 0 aliphatic carbocycles. The summed E-state index contributed by atoms with van der Waals surface area (Å²) in [6.07, 6.45) is 0.890. The van der Waals surface area contributed by atoms with Crippen LogP contribution in [0.1, 0.15) is 48.8 Å². The van der Waals surface area contributed by atoms with Crippen molar-refractivity contribution in [3.63, 3.8) is 0 Å². The molecule has 17 heavy (non-hydrogen) atoms. The molecule has 2 N–H and O–H groups in total. The van der Waals surface area contributed by atoms with Crippen LogP contribution in [0.3, 0.4) is 0 Å². The van der Waals surface area contributed by atoms with Crippen LogP contribution >= 0.6 is 0 Å². The first-order valence-electron chi connectivity index (χ1n) is 5.76. The fraction of sp³-hybridized carbons (Fsp3) is 0.538. The molecular weight excluding hydrogens is 216 g/mol. The van der Waals surface area contributed by atoms with Gasteiger partial charge in [-0.25, -0.2) is 9.78 Å². The number of aromatic carboxylic acids is 1. The van der Waals surface area contributed by atoms with E-state index in [2.05, 4.69) is 17.2 Å². The molecule has 0 aliphatic heterocycles. The highest BCUT2D eigenvalue weighted by Crippen LogP contribution is 2.23. The first-order valence-corrected chi connectivity index (χ1v) is 5.76. The van der Waals surface area contributed by atoms with Gasteiger partial charge in [-0.2, -0.15) is 0 Å². The van der Waals surface area contributed by atoms with E-state index in [1.807, 2.05) is 20.8 Å². The van der Waals surface area contributed by atoms with Crippen LogP contribution < -0.4 is 5.32 Å². The highest BCUT2D eigenvalue weighted by atomic mass is 16.4. The van der Waals surface area contributed by atoms with E-state index >= 15 is 0 Å². The standard InChI is InChI=1S/C13H20N2O2/c1-6-13(4,5)15-11-10(12(16)17)8(2)7-9(3)14-11/h7H,6H2,1-5H3,(H,14,15)(H,16,17). The van der Waals surface area contributed by atoms with E-state index in [-0.39, 0.29) is 11.1 Å². The minimum absolute atomic E-state index is 0.169. The number of carbonyl (C=O) groups is 1. The predicted octanol–water partition coefficient (Wildman–Crippen LogP) is 3.00. The molecule has 0 bridgehead atoms. The summed E-state index contributed by atoms with van der Waals surface area (Å²) in [5, 5.41) is 12.4. The number of aryl methyl sites for hydroxylation is 2. The lowest BCUT2D eigenvalue weighted by Crippen LogP contribution is -2.31. The Bertz CT molecular complexity index is 439. The third-order valence-electron chi connectivity index (χ3n) is 2.90. The number of nitrogens with zero attached hydrogens (tertiary/aromatic N) is 1. The predicted molar refractivity (Wildman–Crippen MR) is 68.7 cm³/mol. The molecule has 0 radical (unpaired) electrons. The van der Waals surface area contributed by atoms with Crippen LogP contribution in [-0.2, 0) is 0 Å². The highest BCUT2D eigenvalue weighted by molar-refractivity contribution is 5.94. The Labute approximate surface area is 102 Å². The van der Waals surface area contributed by atoms with Crippen LogP contribution in [-0.4, -0.2) is 21.6 Å². The maximum Gasteiger partial charge on any atom is 0.339 e. The molecule has 1 heterocycles. The van der Waals surface area contributed by atoms with Crippen molar-refractivity contribution in [2.75, 3.05) is 5.32 Å². The minimum Gasteiger partial charge on any atom is -0.478 e. The van der Waals surface area contributed by atoms with Crippen LogP contribution in [0.4, 0.5) is 5.82 Å². The van der Waals surface area contributed by atoms with E-state index in [1.54, 1.807) is 13.0 Å². The molecule has 0 fully saturated rings. The second-order valence-corrected chi connectivity index (χ2v) is 4.97. The molecule has 4 heteroatoms. The van der Waals surface area contributed by atoms with Gasteiger partial charge in [-0.3, -0.25) is 0 Å². The Balaban J connectivity index is 3.26. The molecule has 0 aromatic carbocycles. The number of carboxylic acid groups (broad SMARTS) is 1. The van der Waals surface area contributed by atoms with Gasteiger partial charge in [0, 0.05) is 11.2 Å². The van der Waals surface area contributed by atoms with Crippen LogP contribution in [0, 0.1) is 13.8 Å². The zero-order valence-corrected chi connectivity index (χ0v) is 11.1. The van der Waals surface area contributed by atoms with Crippen molar-refractivity contribution in [1.82, 2.24) is 4.98 Å². The highest BCUT2D eigenvalue weighted by Gasteiger charge is 2.21. The average molecular weight is 236 g/mol. The van der Waals surface area contributed by atoms with E-state index in [9.17, 15) is 9.90 Å². The molecule has 0 saturated heterocycles. The largest absolute Gasteiger partial charge is 0.478 e. The van der Waals surface area contributed by atoms with Gasteiger partial charge in [0.25, 0.3) is 0 Å². The number of aromatic nitrogens is 1. The fourth-order valence-electron chi connectivity index (χ4n) is 1.61. The lowest BCUT2D eigenvalue weighted by molar-refractivity contribution is 0.0696. The third-order valence-corrected chi connectivity index (χ3v) is 2.90. The number of pyridine rings is 1. The quantitative estimate of drug-likeness (QED) is 0.843. The number of nitrogens with one attached hydrogen (secondary N) is 1. The van der Waals surface area contributed by atoms with Crippen LogP contribution in [0.15, 0.2) is 6.07 Å². The summed E-state index contributed by atoms with van der Waals surface area (Å²) >= 11 is 0. The van der Waals surface area contributed by atoms with Crippen LogP contribution in [0.5, 0.6) is 0 Å². The van der Waals surface area contributed by atoms with Gasteiger partial charge in [-0.05, 0) is 45.7 Å². The zero-order chi connectivity index (χ0) is 13.2. The molecule has 1 rings (SSSR count). The summed E-state index contributed by atoms with van der Waals surface area (Å²) in [6, 6.07) is 1.79. The number of rotatable bonds is 4. The first kappa shape index (κ1) is 13.5. The molecule has 0 spiro atoms. The number of hydrogen-bond acceptors (Lipinski definition) is 3. The third kappa shape index (κ3) is 3.19. The normalized spacial score (nSPS) is 11.4. The van der Waals surface area contributed by atoms with E-state index in [0.29, 0.717) is 5.82 Å². The fourth-order valence-corrected chi connectivity index (χ4v) is 1.61. The van der Waals surface area contributed by atoms with E-state index < -0.39 is 5.97 Å². The van der Waals surface area contributed by atoms with E-state index in [4.69, 9.17) is 0 Å². The monoisotopic (exact) mass is 236 g/mol. The molecule has 0 unspecified atom stereocenters. The van der Waals surface area contributed by atoms with Gasteiger partial charge in [-0.15, -0.1) is 0 Å². The zero-order valence-electron chi connectivity index (χ0n) is 11.1. The van der Waals surface area contributed by atoms with Gasteiger partial charge in [-0.1, -0.05) is 6.92 Å². The van der Waals surface area contributed by atoms with Gasteiger partial charge in [0.05, 0.1) is 0 Å². The van der Waals surface area contributed by atoms with Crippen LogP contribution in [0.25, 0.3) is 0 Å². The summed E-state index contributed by atoms with van der Waals surface area (Å²) < 4.78 is 0. The Hall–Kier alpha value is -1.58. The summed E-state index contributed by atoms with van der Waals surface area (Å²) in [5.41, 5.74) is 1.65. The van der Waals surface area contributed by atoms with Crippen molar-refractivity contribution in [3.8, 4) is 0 Å². The Kier molecular flexibility index (Phi) is 3.76.